The van der Waals surface area contributed by atoms with Crippen molar-refractivity contribution in [3.8, 4) is 28.4 Å². The molecule has 0 radical (unpaired) electrons. The lowest BCUT2D eigenvalue weighted by molar-refractivity contribution is 0.112. The highest BCUT2D eigenvalue weighted by Crippen LogP contribution is 2.34. The third-order valence-electron chi connectivity index (χ3n) is 2.87. The number of hydrogen-bond acceptors (Lipinski definition) is 4. The first kappa shape index (κ1) is 13.0. The fourth-order valence-electron chi connectivity index (χ4n) is 1.86. The molecule has 4 nitrogen and oxygen atoms in total. The van der Waals surface area contributed by atoms with Gasteiger partial charge in [0.1, 0.15) is 17.2 Å². The zero-order valence-electron chi connectivity index (χ0n) is 10.7. The molecule has 0 fully saturated rings. The van der Waals surface area contributed by atoms with Gasteiger partial charge in [0.2, 0.25) is 0 Å². The van der Waals surface area contributed by atoms with Crippen LogP contribution >= 0.6 is 0 Å². The number of ether oxygens (including phenoxy) is 2. The second-order valence-corrected chi connectivity index (χ2v) is 3.96. The number of aldehydes is 1. The SMILES string of the molecule is COc1ccc(OC)c(-c2ccc(O)c(C=O)c2)c1. The molecule has 2 rings (SSSR count). The van der Waals surface area contributed by atoms with E-state index in [0.717, 1.165) is 11.1 Å². The number of phenolic OH excluding ortho intramolecular Hbond substituents is 1. The van der Waals surface area contributed by atoms with Gasteiger partial charge in [-0.05, 0) is 35.9 Å². The van der Waals surface area contributed by atoms with E-state index in [4.69, 9.17) is 9.47 Å². The fraction of sp³-hybridized carbons (Fsp3) is 0.133. The van der Waals surface area contributed by atoms with Crippen molar-refractivity contribution in [3.63, 3.8) is 0 Å². The van der Waals surface area contributed by atoms with E-state index >= 15 is 0 Å². The van der Waals surface area contributed by atoms with Crippen LogP contribution in [0.1, 0.15) is 10.4 Å². The van der Waals surface area contributed by atoms with Gasteiger partial charge in [-0.2, -0.15) is 0 Å². The Morgan fingerprint density at radius 1 is 1.05 bits per heavy atom. The molecule has 0 aliphatic heterocycles. The van der Waals surface area contributed by atoms with Crippen molar-refractivity contribution >= 4 is 6.29 Å². The van der Waals surface area contributed by atoms with Crippen molar-refractivity contribution in [2.75, 3.05) is 14.2 Å². The smallest absolute Gasteiger partial charge is 0.153 e. The van der Waals surface area contributed by atoms with Crippen LogP contribution in [0.25, 0.3) is 11.1 Å². The second-order valence-electron chi connectivity index (χ2n) is 3.96. The highest BCUT2D eigenvalue weighted by molar-refractivity contribution is 5.84. The summed E-state index contributed by atoms with van der Waals surface area (Å²) in [5.41, 5.74) is 1.81. The summed E-state index contributed by atoms with van der Waals surface area (Å²) in [5, 5.41) is 9.52. The van der Waals surface area contributed by atoms with Crippen LogP contribution in [0.15, 0.2) is 36.4 Å². The first-order valence-corrected chi connectivity index (χ1v) is 5.70. The molecular formula is C15H14O4. The number of benzene rings is 2. The van der Waals surface area contributed by atoms with Crippen molar-refractivity contribution in [3.05, 3.63) is 42.0 Å². The fourth-order valence-corrected chi connectivity index (χ4v) is 1.86. The lowest BCUT2D eigenvalue weighted by Crippen LogP contribution is -1.91. The number of aromatic hydroxyl groups is 1. The molecule has 4 heteroatoms. The number of hydrogen-bond donors (Lipinski definition) is 1. The average Bonchev–Trinajstić information content (AvgIpc) is 2.47. The van der Waals surface area contributed by atoms with Gasteiger partial charge in [-0.1, -0.05) is 6.07 Å². The van der Waals surface area contributed by atoms with E-state index in [2.05, 4.69) is 0 Å². The molecule has 0 saturated heterocycles. The molecule has 2 aromatic carbocycles. The van der Waals surface area contributed by atoms with Gasteiger partial charge in [-0.15, -0.1) is 0 Å². The van der Waals surface area contributed by atoms with E-state index in [0.29, 0.717) is 17.8 Å². The highest BCUT2D eigenvalue weighted by atomic mass is 16.5. The maximum Gasteiger partial charge on any atom is 0.153 e. The molecule has 0 aliphatic rings. The Labute approximate surface area is 111 Å². The van der Waals surface area contributed by atoms with E-state index in [1.165, 1.54) is 6.07 Å². The van der Waals surface area contributed by atoms with Gasteiger partial charge in [0.05, 0.1) is 19.8 Å². The maximum absolute atomic E-state index is 10.9. The van der Waals surface area contributed by atoms with Crippen LogP contribution in [0, 0.1) is 0 Å². The minimum atomic E-state index is -0.0411. The monoisotopic (exact) mass is 258 g/mol. The zero-order valence-corrected chi connectivity index (χ0v) is 10.7. The molecule has 0 unspecified atom stereocenters. The quantitative estimate of drug-likeness (QED) is 0.857. The molecule has 0 aliphatic carbocycles. The first-order chi connectivity index (χ1) is 9.19. The summed E-state index contributed by atoms with van der Waals surface area (Å²) in [7, 11) is 3.16. The molecule has 19 heavy (non-hydrogen) atoms. The van der Waals surface area contributed by atoms with Gasteiger partial charge in [0.25, 0.3) is 0 Å². The van der Waals surface area contributed by atoms with Crippen LogP contribution in [0.4, 0.5) is 0 Å². The third-order valence-corrected chi connectivity index (χ3v) is 2.87. The second kappa shape index (κ2) is 5.44. The van der Waals surface area contributed by atoms with Crippen molar-refractivity contribution in [2.45, 2.75) is 0 Å². The van der Waals surface area contributed by atoms with Gasteiger partial charge in [0.15, 0.2) is 6.29 Å². The third kappa shape index (κ3) is 2.52. The molecule has 0 heterocycles. The Morgan fingerprint density at radius 2 is 1.84 bits per heavy atom. The highest BCUT2D eigenvalue weighted by Gasteiger charge is 2.10. The Hall–Kier alpha value is -2.49. The molecule has 0 amide bonds. The van der Waals surface area contributed by atoms with Gasteiger partial charge in [0, 0.05) is 5.56 Å². The number of methoxy groups -OCH3 is 2. The Morgan fingerprint density at radius 3 is 2.47 bits per heavy atom. The van der Waals surface area contributed by atoms with Gasteiger partial charge in [-0.25, -0.2) is 0 Å². The summed E-state index contributed by atoms with van der Waals surface area (Å²) in [5.74, 6) is 1.32. The van der Waals surface area contributed by atoms with Crippen molar-refractivity contribution in [2.24, 2.45) is 0 Å². The number of carbonyl (C=O) groups excluding carboxylic acids is 1. The van der Waals surface area contributed by atoms with Crippen LogP contribution in [0.3, 0.4) is 0 Å². The number of rotatable bonds is 4. The zero-order chi connectivity index (χ0) is 13.8. The molecular weight excluding hydrogens is 244 g/mol. The van der Waals surface area contributed by atoms with E-state index in [1.807, 2.05) is 6.07 Å². The van der Waals surface area contributed by atoms with Crippen molar-refractivity contribution < 1.29 is 19.4 Å². The maximum atomic E-state index is 10.9. The number of carbonyl (C=O) groups is 1. The summed E-state index contributed by atoms with van der Waals surface area (Å²) in [6, 6.07) is 10.2. The normalized spacial score (nSPS) is 10.0. The molecule has 0 aromatic heterocycles. The number of phenols is 1. The topological polar surface area (TPSA) is 55.8 Å². The summed E-state index contributed by atoms with van der Waals surface area (Å²) in [6.45, 7) is 0. The summed E-state index contributed by atoms with van der Waals surface area (Å²) in [6.07, 6.45) is 0.617. The summed E-state index contributed by atoms with van der Waals surface area (Å²) in [4.78, 5) is 10.9. The first-order valence-electron chi connectivity index (χ1n) is 5.70. The van der Waals surface area contributed by atoms with Gasteiger partial charge >= 0.3 is 0 Å². The molecule has 0 spiro atoms. The van der Waals surface area contributed by atoms with Crippen LogP contribution in [0.5, 0.6) is 17.2 Å². The Kier molecular flexibility index (Phi) is 3.71. The molecule has 1 N–H and O–H groups in total. The lowest BCUT2D eigenvalue weighted by Gasteiger charge is -2.11. The van der Waals surface area contributed by atoms with E-state index in [-0.39, 0.29) is 11.3 Å². The Balaban J connectivity index is 2.59. The average molecular weight is 258 g/mol. The van der Waals surface area contributed by atoms with Gasteiger partial charge in [-0.3, -0.25) is 4.79 Å². The summed E-state index contributed by atoms with van der Waals surface area (Å²) >= 11 is 0. The minimum absolute atomic E-state index is 0.0411. The van der Waals surface area contributed by atoms with E-state index in [1.54, 1.807) is 38.5 Å². The van der Waals surface area contributed by atoms with Crippen molar-refractivity contribution in [1.82, 2.24) is 0 Å². The van der Waals surface area contributed by atoms with Crippen LogP contribution in [-0.2, 0) is 0 Å². The predicted octanol–water partition coefficient (Wildman–Crippen LogP) is 2.89. The summed E-state index contributed by atoms with van der Waals surface area (Å²) < 4.78 is 10.5. The molecule has 2 aromatic rings. The largest absolute Gasteiger partial charge is 0.507 e. The molecule has 0 bridgehead atoms. The molecule has 0 saturated carbocycles. The lowest BCUT2D eigenvalue weighted by atomic mass is 10.0. The Bertz CT molecular complexity index is 605. The standard InChI is InChI=1S/C15H14O4/c1-18-12-4-6-15(19-2)13(8-12)10-3-5-14(17)11(7-10)9-16/h3-9,17H,1-2H3. The van der Waals surface area contributed by atoms with Crippen LogP contribution in [-0.4, -0.2) is 25.6 Å². The minimum Gasteiger partial charge on any atom is -0.507 e. The van der Waals surface area contributed by atoms with E-state index < -0.39 is 0 Å². The van der Waals surface area contributed by atoms with Crippen LogP contribution in [0.2, 0.25) is 0 Å². The van der Waals surface area contributed by atoms with Crippen LogP contribution < -0.4 is 9.47 Å². The van der Waals surface area contributed by atoms with E-state index in [9.17, 15) is 9.90 Å². The van der Waals surface area contributed by atoms with Gasteiger partial charge < -0.3 is 14.6 Å². The molecule has 98 valence electrons. The molecule has 0 atom stereocenters. The van der Waals surface area contributed by atoms with Crippen molar-refractivity contribution in [1.29, 1.82) is 0 Å². The predicted molar refractivity (Wildman–Crippen MR) is 72.0 cm³/mol.